The summed E-state index contributed by atoms with van der Waals surface area (Å²) in [6.07, 6.45) is -3.85. The highest BCUT2D eigenvalue weighted by molar-refractivity contribution is 9.11. The van der Waals surface area contributed by atoms with Gasteiger partial charge >= 0.3 is 0 Å². The van der Waals surface area contributed by atoms with Gasteiger partial charge in [0.05, 0.1) is 33.0 Å². The van der Waals surface area contributed by atoms with Crippen LogP contribution in [-0.4, -0.2) is 42.2 Å². The summed E-state index contributed by atoms with van der Waals surface area (Å²) in [6.45, 7) is 1.53. The quantitative estimate of drug-likeness (QED) is 0.170. The predicted molar refractivity (Wildman–Crippen MR) is 169 cm³/mol. The fraction of sp³-hybridized carbons (Fsp3) is 0.278. The van der Waals surface area contributed by atoms with E-state index in [-0.39, 0.29) is 13.2 Å². The maximum atomic E-state index is 11.7. The van der Waals surface area contributed by atoms with Crippen LogP contribution in [0.3, 0.4) is 0 Å². The van der Waals surface area contributed by atoms with Gasteiger partial charge in [-0.05, 0) is 22.3 Å². The average molecular weight is 646 g/mol. The third kappa shape index (κ3) is 9.10. The molecule has 1 heterocycles. The third-order valence-corrected chi connectivity index (χ3v) is 7.71. The molecule has 1 fully saturated rings. The van der Waals surface area contributed by atoms with E-state index in [9.17, 15) is 5.11 Å². The van der Waals surface area contributed by atoms with Crippen molar-refractivity contribution in [1.29, 1.82) is 0 Å². The monoisotopic (exact) mass is 644 g/mol. The molecular weight excluding hydrogens is 608 g/mol. The Balaban J connectivity index is 1.45. The van der Waals surface area contributed by atoms with E-state index < -0.39 is 30.5 Å². The number of ether oxygens (including phenoxy) is 5. The Morgan fingerprint density at radius 2 is 0.953 bits per heavy atom. The van der Waals surface area contributed by atoms with Gasteiger partial charge in [0.25, 0.3) is 0 Å². The molecule has 5 atom stereocenters. The number of halogens is 1. The molecule has 4 aromatic carbocycles. The van der Waals surface area contributed by atoms with E-state index in [0.717, 1.165) is 22.3 Å². The lowest BCUT2D eigenvalue weighted by Crippen LogP contribution is -2.51. The lowest BCUT2D eigenvalue weighted by Gasteiger charge is -2.34. The summed E-state index contributed by atoms with van der Waals surface area (Å²) in [4.78, 5) is 1.59. The second-order valence-electron chi connectivity index (χ2n) is 10.4. The molecule has 1 aliphatic rings. The highest BCUT2D eigenvalue weighted by Crippen LogP contribution is 2.32. The van der Waals surface area contributed by atoms with Crippen LogP contribution in [0.4, 0.5) is 0 Å². The second kappa shape index (κ2) is 16.5. The molecular formula is C36H37BrO6. The fourth-order valence-electron chi connectivity index (χ4n) is 5.02. The van der Waals surface area contributed by atoms with Crippen molar-refractivity contribution >= 4 is 15.9 Å². The number of aliphatic hydroxyl groups excluding tert-OH is 1. The zero-order chi connectivity index (χ0) is 29.7. The molecule has 1 N–H and O–H groups in total. The molecule has 0 spiro atoms. The normalized spacial score (nSPS) is 23.0. The molecule has 224 valence electrons. The maximum absolute atomic E-state index is 11.7. The topological polar surface area (TPSA) is 66.4 Å². The van der Waals surface area contributed by atoms with Crippen LogP contribution in [0.25, 0.3) is 0 Å². The molecule has 0 bridgehead atoms. The van der Waals surface area contributed by atoms with Crippen LogP contribution in [0, 0.1) is 0 Å². The van der Waals surface area contributed by atoms with Gasteiger partial charge in [0.2, 0.25) is 0 Å². The highest BCUT2D eigenvalue weighted by atomic mass is 79.9. The number of benzene rings is 4. The SMILES string of the molecule is O[C@H]1/C(=C/Br)O[C@H](COCc2ccccc2)[C@H](OCc2ccccc2)[C@H](OCc2ccccc2)[C@H]1OCc1ccccc1. The highest BCUT2D eigenvalue weighted by Gasteiger charge is 2.47. The van der Waals surface area contributed by atoms with Gasteiger partial charge in [0, 0.05) is 4.99 Å². The van der Waals surface area contributed by atoms with Crippen LogP contribution in [0.15, 0.2) is 132 Å². The van der Waals surface area contributed by atoms with Crippen LogP contribution in [0.1, 0.15) is 22.3 Å². The summed E-state index contributed by atoms with van der Waals surface area (Å²) in [7, 11) is 0. The summed E-state index contributed by atoms with van der Waals surface area (Å²) in [5.74, 6) is 0.325. The predicted octanol–water partition coefficient (Wildman–Crippen LogP) is 6.96. The Kier molecular flexibility index (Phi) is 12.0. The van der Waals surface area contributed by atoms with Crippen LogP contribution in [-0.2, 0) is 50.1 Å². The average Bonchev–Trinajstić information content (AvgIpc) is 3.17. The fourth-order valence-corrected chi connectivity index (χ4v) is 5.39. The first-order valence-electron chi connectivity index (χ1n) is 14.4. The maximum Gasteiger partial charge on any atom is 0.150 e. The summed E-state index contributed by atoms with van der Waals surface area (Å²) < 4.78 is 32.3. The van der Waals surface area contributed by atoms with Crippen molar-refractivity contribution in [3.63, 3.8) is 0 Å². The molecule has 1 aliphatic heterocycles. The Hall–Kier alpha value is -3.30. The van der Waals surface area contributed by atoms with Gasteiger partial charge in [-0.2, -0.15) is 0 Å². The van der Waals surface area contributed by atoms with Gasteiger partial charge in [0.15, 0.2) is 6.10 Å². The molecule has 0 aromatic heterocycles. The van der Waals surface area contributed by atoms with Crippen molar-refractivity contribution in [2.45, 2.75) is 56.9 Å². The first-order chi connectivity index (χ1) is 21.2. The van der Waals surface area contributed by atoms with Gasteiger partial charge in [0.1, 0.15) is 30.2 Å². The van der Waals surface area contributed by atoms with Gasteiger partial charge in [-0.3, -0.25) is 0 Å². The van der Waals surface area contributed by atoms with Crippen molar-refractivity contribution in [2.24, 2.45) is 0 Å². The van der Waals surface area contributed by atoms with Crippen molar-refractivity contribution in [3.05, 3.63) is 154 Å². The standard InChI is InChI=1S/C36H37BrO6/c37-21-31-33(38)35(41-24-29-17-9-3-10-18-29)36(42-25-30-19-11-4-12-20-30)34(40-23-28-15-7-2-8-16-28)32(43-31)26-39-22-27-13-5-1-6-14-27/h1-21,32-36,38H,22-26H2/b31-21-/t32-,33+,34+,35+,36+/m1/s1. The number of aliphatic hydroxyl groups is 1. The Labute approximate surface area is 262 Å². The third-order valence-electron chi connectivity index (χ3n) is 7.26. The smallest absolute Gasteiger partial charge is 0.150 e. The van der Waals surface area contributed by atoms with Gasteiger partial charge in [-0.25, -0.2) is 0 Å². The lowest BCUT2D eigenvalue weighted by molar-refractivity contribution is -0.184. The van der Waals surface area contributed by atoms with E-state index >= 15 is 0 Å². The molecule has 0 amide bonds. The largest absolute Gasteiger partial charge is 0.486 e. The molecule has 0 aliphatic carbocycles. The minimum Gasteiger partial charge on any atom is -0.486 e. The first-order valence-corrected chi connectivity index (χ1v) is 15.4. The van der Waals surface area contributed by atoms with E-state index in [1.165, 1.54) is 0 Å². The summed E-state index contributed by atoms with van der Waals surface area (Å²) in [5, 5.41) is 11.7. The summed E-state index contributed by atoms with van der Waals surface area (Å²) in [6, 6.07) is 39.7. The molecule has 5 rings (SSSR count). The number of hydrogen-bond donors (Lipinski definition) is 1. The second-order valence-corrected chi connectivity index (χ2v) is 10.9. The minimum atomic E-state index is -1.12. The molecule has 0 unspecified atom stereocenters. The van der Waals surface area contributed by atoms with Crippen molar-refractivity contribution < 1.29 is 28.8 Å². The Morgan fingerprint density at radius 3 is 1.40 bits per heavy atom. The molecule has 1 saturated heterocycles. The van der Waals surface area contributed by atoms with Crippen LogP contribution < -0.4 is 0 Å². The van der Waals surface area contributed by atoms with E-state index in [1.807, 2.05) is 121 Å². The van der Waals surface area contributed by atoms with Gasteiger partial charge < -0.3 is 28.8 Å². The van der Waals surface area contributed by atoms with Gasteiger partial charge in [-0.1, -0.05) is 137 Å². The van der Waals surface area contributed by atoms with E-state index in [1.54, 1.807) is 4.99 Å². The molecule has 0 radical (unpaired) electrons. The zero-order valence-corrected chi connectivity index (χ0v) is 25.5. The zero-order valence-electron chi connectivity index (χ0n) is 23.9. The van der Waals surface area contributed by atoms with Crippen LogP contribution in [0.2, 0.25) is 0 Å². The van der Waals surface area contributed by atoms with E-state index in [0.29, 0.717) is 25.6 Å². The van der Waals surface area contributed by atoms with E-state index in [2.05, 4.69) is 15.9 Å². The molecule has 43 heavy (non-hydrogen) atoms. The Morgan fingerprint density at radius 1 is 0.558 bits per heavy atom. The summed E-state index contributed by atoms with van der Waals surface area (Å²) >= 11 is 3.41. The molecule has 0 saturated carbocycles. The molecule has 4 aromatic rings. The Bertz CT molecular complexity index is 1370. The molecule has 7 heteroatoms. The molecule has 6 nitrogen and oxygen atoms in total. The van der Waals surface area contributed by atoms with Gasteiger partial charge in [-0.15, -0.1) is 0 Å². The van der Waals surface area contributed by atoms with Crippen LogP contribution in [0.5, 0.6) is 0 Å². The van der Waals surface area contributed by atoms with Crippen LogP contribution >= 0.6 is 15.9 Å². The van der Waals surface area contributed by atoms with Crippen molar-refractivity contribution in [2.75, 3.05) is 6.61 Å². The number of hydrogen-bond acceptors (Lipinski definition) is 6. The minimum absolute atomic E-state index is 0.210. The van der Waals surface area contributed by atoms with E-state index in [4.69, 9.17) is 23.7 Å². The van der Waals surface area contributed by atoms with Crippen molar-refractivity contribution in [3.8, 4) is 0 Å². The summed E-state index contributed by atoms with van der Waals surface area (Å²) in [5.41, 5.74) is 4.04. The number of rotatable bonds is 13. The lowest BCUT2D eigenvalue weighted by atomic mass is 9.99. The van der Waals surface area contributed by atoms with Crippen molar-refractivity contribution in [1.82, 2.24) is 0 Å². The first kappa shape index (κ1) is 31.1.